The van der Waals surface area contributed by atoms with E-state index in [-0.39, 0.29) is 5.04 Å². The Morgan fingerprint density at radius 1 is 1.14 bits per heavy atom. The van der Waals surface area contributed by atoms with Crippen LogP contribution in [0.4, 0.5) is 0 Å². The van der Waals surface area contributed by atoms with Gasteiger partial charge in [0.05, 0.1) is 3.57 Å². The van der Waals surface area contributed by atoms with E-state index in [1.807, 2.05) is 0 Å². The molecule has 0 spiro atoms. The summed E-state index contributed by atoms with van der Waals surface area (Å²) in [6.45, 7) is 16.0. The molecule has 120 valence electrons. The quantitative estimate of drug-likeness (QED) is 0.283. The Bertz CT molecular complexity index is 475. The van der Waals surface area contributed by atoms with E-state index in [1.54, 1.807) is 0 Å². The number of unbranched alkanes of at least 4 members (excludes halogenated alkanes) is 2. The van der Waals surface area contributed by atoms with Crippen molar-refractivity contribution in [2.24, 2.45) is 0 Å². The van der Waals surface area contributed by atoms with Gasteiger partial charge in [-0.05, 0) is 77.7 Å². The summed E-state index contributed by atoms with van der Waals surface area (Å²) >= 11 is 2.43. The number of halogens is 1. The van der Waals surface area contributed by atoms with Gasteiger partial charge in [-0.3, -0.25) is 0 Å². The third-order valence-corrected chi connectivity index (χ3v) is 10.2. The van der Waals surface area contributed by atoms with Gasteiger partial charge in [-0.25, -0.2) is 0 Å². The van der Waals surface area contributed by atoms with E-state index in [2.05, 4.69) is 82.4 Å². The van der Waals surface area contributed by atoms with Gasteiger partial charge in [0, 0.05) is 0 Å². The van der Waals surface area contributed by atoms with Crippen LogP contribution >= 0.6 is 22.6 Å². The van der Waals surface area contributed by atoms with Crippen molar-refractivity contribution in [3.05, 3.63) is 26.8 Å². The molecule has 0 saturated carbocycles. The van der Waals surface area contributed by atoms with Crippen LogP contribution in [0.25, 0.3) is 0 Å². The second-order valence-electron chi connectivity index (χ2n) is 7.54. The molecule has 0 amide bonds. The van der Waals surface area contributed by atoms with Crippen LogP contribution in [0.5, 0.6) is 5.75 Å². The highest BCUT2D eigenvalue weighted by Crippen LogP contribution is 2.39. The Kier molecular flexibility index (Phi) is 6.78. The highest BCUT2D eigenvalue weighted by molar-refractivity contribution is 14.1. The summed E-state index contributed by atoms with van der Waals surface area (Å²) in [6.07, 6.45) is 5.02. The number of rotatable bonds is 6. The standard InChI is InChI=1S/C18H31IOSi/c1-8-9-10-11-15-12-14(2)17(19)16(13-15)20-21(6,7)18(3,4)5/h12-13H,8-11H2,1-7H3. The molecule has 3 heteroatoms. The zero-order valence-electron chi connectivity index (χ0n) is 14.8. The number of benzene rings is 1. The predicted molar refractivity (Wildman–Crippen MR) is 105 cm³/mol. The van der Waals surface area contributed by atoms with Gasteiger partial charge in [-0.1, -0.05) is 46.6 Å². The monoisotopic (exact) mass is 418 g/mol. The van der Waals surface area contributed by atoms with Crippen molar-refractivity contribution in [1.29, 1.82) is 0 Å². The zero-order chi connectivity index (χ0) is 16.3. The van der Waals surface area contributed by atoms with Crippen LogP contribution in [0, 0.1) is 10.5 Å². The molecule has 0 saturated heterocycles. The van der Waals surface area contributed by atoms with Crippen molar-refractivity contribution in [1.82, 2.24) is 0 Å². The average molecular weight is 418 g/mol. The number of hydrogen-bond acceptors (Lipinski definition) is 1. The Balaban J connectivity index is 3.01. The van der Waals surface area contributed by atoms with Crippen LogP contribution in [0.1, 0.15) is 58.1 Å². The normalized spacial score (nSPS) is 12.6. The molecule has 0 aromatic heterocycles. The van der Waals surface area contributed by atoms with E-state index in [9.17, 15) is 0 Å². The van der Waals surface area contributed by atoms with E-state index in [0.717, 1.165) is 5.75 Å². The summed E-state index contributed by atoms with van der Waals surface area (Å²) in [4.78, 5) is 0. The first-order chi connectivity index (χ1) is 9.58. The molecular weight excluding hydrogens is 387 g/mol. The fourth-order valence-corrected chi connectivity index (χ4v) is 3.68. The largest absolute Gasteiger partial charge is 0.543 e. The van der Waals surface area contributed by atoms with E-state index >= 15 is 0 Å². The molecule has 21 heavy (non-hydrogen) atoms. The molecule has 1 nitrogen and oxygen atoms in total. The van der Waals surface area contributed by atoms with Crippen molar-refractivity contribution in [3.8, 4) is 5.75 Å². The van der Waals surface area contributed by atoms with Crippen LogP contribution in [-0.4, -0.2) is 8.32 Å². The third kappa shape index (κ3) is 5.27. The Morgan fingerprint density at radius 3 is 2.29 bits per heavy atom. The lowest BCUT2D eigenvalue weighted by Crippen LogP contribution is -2.44. The van der Waals surface area contributed by atoms with Crippen LogP contribution in [-0.2, 0) is 6.42 Å². The van der Waals surface area contributed by atoms with Gasteiger partial charge in [0.15, 0.2) is 0 Å². The molecular formula is C18H31IOSi. The first kappa shape index (κ1) is 19.0. The fourth-order valence-electron chi connectivity index (χ4n) is 2.03. The molecule has 0 radical (unpaired) electrons. The predicted octanol–water partition coefficient (Wildman–Crippen LogP) is 6.72. The highest BCUT2D eigenvalue weighted by Gasteiger charge is 2.39. The maximum Gasteiger partial charge on any atom is 0.250 e. The van der Waals surface area contributed by atoms with Crippen molar-refractivity contribution < 1.29 is 4.43 Å². The molecule has 1 rings (SSSR count). The molecule has 0 bridgehead atoms. The summed E-state index contributed by atoms with van der Waals surface area (Å²) in [7, 11) is -1.77. The van der Waals surface area contributed by atoms with Crippen molar-refractivity contribution >= 4 is 30.9 Å². The van der Waals surface area contributed by atoms with Crippen LogP contribution in [0.2, 0.25) is 18.1 Å². The lowest BCUT2D eigenvalue weighted by molar-refractivity contribution is 0.488. The van der Waals surface area contributed by atoms with E-state index in [4.69, 9.17) is 4.43 Å². The van der Waals surface area contributed by atoms with Crippen molar-refractivity contribution in [3.63, 3.8) is 0 Å². The SMILES string of the molecule is CCCCCc1cc(C)c(I)c(O[Si](C)(C)C(C)(C)C)c1. The fraction of sp³-hybridized carbons (Fsp3) is 0.667. The lowest BCUT2D eigenvalue weighted by Gasteiger charge is -2.37. The first-order valence-corrected chi connectivity index (χ1v) is 12.0. The molecule has 1 aromatic carbocycles. The first-order valence-electron chi connectivity index (χ1n) is 8.06. The van der Waals surface area contributed by atoms with Gasteiger partial charge in [0.2, 0.25) is 0 Å². The average Bonchev–Trinajstić information content (AvgIpc) is 2.34. The van der Waals surface area contributed by atoms with E-state index in [1.165, 1.54) is 40.4 Å². The van der Waals surface area contributed by atoms with Gasteiger partial charge in [-0.2, -0.15) is 0 Å². The van der Waals surface area contributed by atoms with Gasteiger partial charge in [-0.15, -0.1) is 0 Å². The molecule has 1 aromatic rings. The van der Waals surface area contributed by atoms with Crippen molar-refractivity contribution in [2.75, 3.05) is 0 Å². The van der Waals surface area contributed by atoms with Crippen LogP contribution in [0.15, 0.2) is 12.1 Å². The molecule has 0 aliphatic carbocycles. The van der Waals surface area contributed by atoms with Gasteiger partial charge in [0.1, 0.15) is 5.75 Å². The molecule has 0 aliphatic rings. The Hall–Kier alpha value is -0.0331. The molecule has 0 heterocycles. The molecule has 0 N–H and O–H groups in total. The minimum absolute atomic E-state index is 0.238. The van der Waals surface area contributed by atoms with Crippen LogP contribution < -0.4 is 4.43 Å². The van der Waals surface area contributed by atoms with Gasteiger partial charge < -0.3 is 4.43 Å². The third-order valence-electron chi connectivity index (χ3n) is 4.52. The number of hydrogen-bond donors (Lipinski definition) is 0. The Morgan fingerprint density at radius 2 is 1.76 bits per heavy atom. The molecule has 0 aliphatic heterocycles. The Labute approximate surface area is 146 Å². The summed E-state index contributed by atoms with van der Waals surface area (Å²) in [5.74, 6) is 1.11. The number of aryl methyl sites for hydroxylation is 2. The molecule has 0 atom stereocenters. The maximum atomic E-state index is 6.56. The smallest absolute Gasteiger partial charge is 0.250 e. The van der Waals surface area contributed by atoms with Crippen molar-refractivity contribution in [2.45, 2.75) is 78.4 Å². The second kappa shape index (κ2) is 7.49. The lowest BCUT2D eigenvalue weighted by atomic mass is 10.0. The topological polar surface area (TPSA) is 9.23 Å². The van der Waals surface area contributed by atoms with Crippen LogP contribution in [0.3, 0.4) is 0 Å². The van der Waals surface area contributed by atoms with E-state index in [0.29, 0.717) is 0 Å². The molecule has 0 unspecified atom stereocenters. The minimum atomic E-state index is -1.77. The highest BCUT2D eigenvalue weighted by atomic mass is 127. The zero-order valence-corrected chi connectivity index (χ0v) is 17.9. The summed E-state index contributed by atoms with van der Waals surface area (Å²) < 4.78 is 7.83. The molecule has 0 fully saturated rings. The second-order valence-corrected chi connectivity index (χ2v) is 13.3. The van der Waals surface area contributed by atoms with E-state index < -0.39 is 8.32 Å². The summed E-state index contributed by atoms with van der Waals surface area (Å²) in [5, 5.41) is 0.238. The van der Waals surface area contributed by atoms with Gasteiger partial charge >= 0.3 is 0 Å². The summed E-state index contributed by atoms with van der Waals surface area (Å²) in [6, 6.07) is 4.61. The minimum Gasteiger partial charge on any atom is -0.543 e. The summed E-state index contributed by atoms with van der Waals surface area (Å²) in [5.41, 5.74) is 2.77. The maximum absolute atomic E-state index is 6.56. The van der Waals surface area contributed by atoms with Gasteiger partial charge in [0.25, 0.3) is 8.32 Å².